The number of aliphatic hydroxyl groups excluding tert-OH is 2. The third-order valence-electron chi connectivity index (χ3n) is 9.88. The van der Waals surface area contributed by atoms with E-state index in [9.17, 15) is 19.2 Å². The minimum atomic E-state index is -0.514. The number of Topliss-reactive ketones (excluding diaryl/α,β-unsaturated/α-hetero) is 1. The fourth-order valence-corrected chi connectivity index (χ4v) is 7.83. The van der Waals surface area contributed by atoms with Crippen LogP contribution in [0.15, 0.2) is 66.9 Å². The van der Waals surface area contributed by atoms with Crippen LogP contribution in [0, 0.1) is 42.0 Å². The molecule has 0 aliphatic rings. The van der Waals surface area contributed by atoms with Crippen molar-refractivity contribution in [2.24, 2.45) is 0 Å². The first-order valence-electron chi connectivity index (χ1n) is 21.9. The van der Waals surface area contributed by atoms with Crippen LogP contribution in [0.1, 0.15) is 69.1 Å². The quantitative estimate of drug-likeness (QED) is 0.0258. The Morgan fingerprint density at radius 2 is 1.20 bits per heavy atom. The molecule has 71 heavy (non-hydrogen) atoms. The first kappa shape index (κ1) is 55.5. The van der Waals surface area contributed by atoms with Crippen molar-refractivity contribution in [2.75, 3.05) is 26.3 Å². The van der Waals surface area contributed by atoms with Gasteiger partial charge in [0, 0.05) is 67.0 Å². The summed E-state index contributed by atoms with van der Waals surface area (Å²) in [5, 5.41) is 48.9. The molecule has 24 heteroatoms. The summed E-state index contributed by atoms with van der Waals surface area (Å²) in [5.41, 5.74) is 8.70. The number of rotatable bonds is 12. The second kappa shape index (κ2) is 27.3. The highest BCUT2D eigenvalue weighted by Crippen LogP contribution is 2.20. The molecule has 9 aromatic rings. The molecule has 0 radical (unpaired) electrons. The summed E-state index contributed by atoms with van der Waals surface area (Å²) in [6.07, 6.45) is 3.83. The van der Waals surface area contributed by atoms with Gasteiger partial charge in [0.05, 0.1) is 27.9 Å². The highest BCUT2D eigenvalue weighted by atomic mass is 127. The van der Waals surface area contributed by atoms with Gasteiger partial charge in [0.1, 0.15) is 31.5 Å². The SMILES string of the molecule is CC(=O)c1nn(CCCNC(=O)CO)c2nc(C)ccc12.Cc1ccc(C=O)c(Cl)n1.Cc1ccc2c(I)[nH]nc2n1.Cc1ccc2c(I)nn(CCCNC(=O)CO)c2n1.Cc1ccc2cn[nH]c2n1. The van der Waals surface area contributed by atoms with Gasteiger partial charge in [-0.25, -0.2) is 34.3 Å². The lowest BCUT2D eigenvalue weighted by atomic mass is 10.2. The molecule has 9 aromatic heterocycles. The monoisotopic (exact) mass is 1210 g/mol. The van der Waals surface area contributed by atoms with Crippen molar-refractivity contribution >= 4 is 125 Å². The van der Waals surface area contributed by atoms with Crippen LogP contribution in [0.5, 0.6) is 0 Å². The number of pyridine rings is 5. The van der Waals surface area contributed by atoms with Crippen molar-refractivity contribution in [2.45, 2.75) is 67.5 Å². The smallest absolute Gasteiger partial charge is 0.245 e. The number of carbonyl (C=O) groups excluding carboxylic acids is 4. The van der Waals surface area contributed by atoms with Crippen LogP contribution in [0.25, 0.3) is 44.1 Å². The van der Waals surface area contributed by atoms with Crippen LogP contribution >= 0.6 is 56.8 Å². The van der Waals surface area contributed by atoms with Gasteiger partial charge in [0.25, 0.3) is 0 Å². The fraction of sp³-hybridized carbons (Fsp3) is 0.298. The Morgan fingerprint density at radius 3 is 1.79 bits per heavy atom. The number of halogens is 3. The van der Waals surface area contributed by atoms with E-state index in [4.69, 9.17) is 21.8 Å². The number of aldehydes is 1. The lowest BCUT2D eigenvalue weighted by Gasteiger charge is -2.04. The Balaban J connectivity index is 0.000000171. The lowest BCUT2D eigenvalue weighted by Crippen LogP contribution is -2.27. The molecule has 0 aliphatic carbocycles. The number of aromatic amines is 2. The predicted molar refractivity (Wildman–Crippen MR) is 286 cm³/mol. The molecule has 0 saturated carbocycles. The van der Waals surface area contributed by atoms with E-state index in [0.717, 1.165) is 80.8 Å². The maximum atomic E-state index is 11.6. The summed E-state index contributed by atoms with van der Waals surface area (Å²) in [5.74, 6) is -0.856. The summed E-state index contributed by atoms with van der Waals surface area (Å²) >= 11 is 9.99. The molecule has 2 amide bonds. The van der Waals surface area contributed by atoms with Gasteiger partial charge in [-0.05, 0) is 153 Å². The number of H-pyrrole nitrogens is 2. The number of aliphatic hydroxyl groups is 2. The molecule has 9 heterocycles. The molecule has 0 fully saturated rings. The van der Waals surface area contributed by atoms with Gasteiger partial charge in [0.2, 0.25) is 11.8 Å². The van der Waals surface area contributed by atoms with Gasteiger partial charge in [-0.2, -0.15) is 20.4 Å². The van der Waals surface area contributed by atoms with Crippen LogP contribution in [0.4, 0.5) is 0 Å². The maximum absolute atomic E-state index is 11.6. The normalized spacial score (nSPS) is 10.6. The number of nitrogens with zero attached hydrogens (tertiary/aromatic N) is 11. The van der Waals surface area contributed by atoms with Crippen molar-refractivity contribution < 1.29 is 29.4 Å². The molecule has 0 unspecified atom stereocenters. The molecule has 0 saturated heterocycles. The van der Waals surface area contributed by atoms with Crippen LogP contribution in [0.3, 0.4) is 0 Å². The van der Waals surface area contributed by atoms with Crippen molar-refractivity contribution in [3.05, 3.63) is 119 Å². The number of hydrogen-bond donors (Lipinski definition) is 6. The topological polar surface area (TPSA) is 290 Å². The van der Waals surface area contributed by atoms with Gasteiger partial charge in [0.15, 0.2) is 34.7 Å². The second-order valence-corrected chi connectivity index (χ2v) is 18.0. The molecule has 0 aromatic carbocycles. The average molecular weight is 1210 g/mol. The summed E-state index contributed by atoms with van der Waals surface area (Å²) < 4.78 is 5.52. The Morgan fingerprint density at radius 1 is 0.676 bits per heavy atom. The van der Waals surface area contributed by atoms with E-state index < -0.39 is 19.1 Å². The minimum absolute atomic E-state index is 0.0991. The summed E-state index contributed by atoms with van der Waals surface area (Å²) in [6, 6.07) is 19.1. The predicted octanol–water partition coefficient (Wildman–Crippen LogP) is 6.28. The third-order valence-corrected chi connectivity index (χ3v) is 11.8. The lowest BCUT2D eigenvalue weighted by molar-refractivity contribution is -0.124. The molecule has 372 valence electrons. The number of aromatic nitrogens is 13. The van der Waals surface area contributed by atoms with E-state index in [-0.39, 0.29) is 16.8 Å². The van der Waals surface area contributed by atoms with Crippen LogP contribution in [0.2, 0.25) is 5.15 Å². The molecule has 0 spiro atoms. The zero-order valence-electron chi connectivity index (χ0n) is 39.7. The first-order valence-corrected chi connectivity index (χ1v) is 24.5. The van der Waals surface area contributed by atoms with Crippen molar-refractivity contribution in [1.82, 2.24) is 75.5 Å². The second-order valence-electron chi connectivity index (χ2n) is 15.6. The Bertz CT molecular complexity index is 3260. The number of ketones is 1. The summed E-state index contributed by atoms with van der Waals surface area (Å²) in [4.78, 5) is 64.9. The zero-order chi connectivity index (χ0) is 51.6. The molecule has 0 atom stereocenters. The molecule has 0 aliphatic heterocycles. The van der Waals surface area contributed by atoms with E-state index in [0.29, 0.717) is 55.8 Å². The Labute approximate surface area is 439 Å². The summed E-state index contributed by atoms with van der Waals surface area (Å²) in [6.45, 7) is 12.2. The van der Waals surface area contributed by atoms with Gasteiger partial charge in [-0.15, -0.1) is 0 Å². The van der Waals surface area contributed by atoms with Gasteiger partial charge >= 0.3 is 0 Å². The Hall–Kier alpha value is -6.42. The van der Waals surface area contributed by atoms with Gasteiger partial charge < -0.3 is 20.8 Å². The first-order chi connectivity index (χ1) is 34.0. The van der Waals surface area contributed by atoms with E-state index in [1.54, 1.807) is 23.0 Å². The average Bonchev–Trinajstić information content (AvgIpc) is 4.14. The number of hydrogen-bond acceptors (Lipinski definition) is 15. The zero-order valence-corrected chi connectivity index (χ0v) is 44.7. The molecule has 6 N–H and O–H groups in total. The minimum Gasteiger partial charge on any atom is -0.387 e. The highest BCUT2D eigenvalue weighted by Gasteiger charge is 2.15. The van der Waals surface area contributed by atoms with E-state index in [1.807, 2.05) is 87.8 Å². The van der Waals surface area contributed by atoms with Crippen molar-refractivity contribution in [3.8, 4) is 0 Å². The maximum Gasteiger partial charge on any atom is 0.245 e. The van der Waals surface area contributed by atoms with E-state index >= 15 is 0 Å². The molecular formula is C47H52ClI2N15O6. The third kappa shape index (κ3) is 16.3. The van der Waals surface area contributed by atoms with Crippen molar-refractivity contribution in [3.63, 3.8) is 0 Å². The number of carbonyl (C=O) groups is 4. The van der Waals surface area contributed by atoms with Crippen molar-refractivity contribution in [1.29, 1.82) is 0 Å². The van der Waals surface area contributed by atoms with Gasteiger partial charge in [-0.3, -0.25) is 29.4 Å². The highest BCUT2D eigenvalue weighted by molar-refractivity contribution is 14.1. The summed E-state index contributed by atoms with van der Waals surface area (Å²) in [7, 11) is 0. The standard InChI is InChI=1S/C14H18N4O3.C12H15IN4O2.C7H6ClNO.C7H6IN3.C7H7N3/c1-9-4-5-11-13(10(2)20)17-18(14(11)16-9)7-3-6-15-12(21)8-19;1-8-3-4-9-11(13)16-17(12(9)15-8)6-2-5-14-10(19)7-18;1-5-2-3-6(4-10)7(8)9-5;1-4-2-3-5-6(8)10-11-7(5)9-4;1-5-2-3-6-4-8-10-7(6)9-5/h4-5,19H,3,6-8H2,1-2H3,(H,15,21);3-4,18H,2,5-7H2,1H3,(H,14,19);2-4H,1H3;2-3H,1H3,(H,9,10,11);2-4H,1H3,(H,8,9,10). The fourth-order valence-electron chi connectivity index (χ4n) is 6.36. The number of amides is 2. The Kier molecular flexibility index (Phi) is 21.3. The van der Waals surface area contributed by atoms with Crippen LogP contribution in [-0.2, 0) is 22.7 Å². The molecular weight excluding hydrogens is 1160 g/mol. The van der Waals surface area contributed by atoms with E-state index in [2.05, 4.69) is 111 Å². The van der Waals surface area contributed by atoms with Crippen LogP contribution < -0.4 is 10.6 Å². The van der Waals surface area contributed by atoms with Crippen LogP contribution in [-0.4, -0.2) is 125 Å². The van der Waals surface area contributed by atoms with Gasteiger partial charge in [-0.1, -0.05) is 11.6 Å². The number of nitrogens with one attached hydrogen (secondary N) is 4. The molecule has 0 bridgehead atoms. The number of fused-ring (bicyclic) bond motifs is 4. The molecule has 21 nitrogen and oxygen atoms in total. The van der Waals surface area contributed by atoms with E-state index in [1.165, 1.54) is 6.92 Å². The largest absolute Gasteiger partial charge is 0.387 e. The number of aryl methyl sites for hydroxylation is 7. The molecule has 9 rings (SSSR count).